The number of hydrogen-bond donors (Lipinski definition) is 0. The van der Waals surface area contributed by atoms with Crippen LogP contribution in [0.1, 0.15) is 296 Å². The van der Waals surface area contributed by atoms with Crippen LogP contribution in [0.15, 0.2) is 60.8 Å². The molecule has 0 aromatic carbocycles. The summed E-state index contributed by atoms with van der Waals surface area (Å²) >= 11 is 0. The Labute approximate surface area is 475 Å². The van der Waals surface area contributed by atoms with E-state index in [1.807, 2.05) is 21.1 Å². The Morgan fingerprint density at radius 1 is 0.403 bits per heavy atom. The topological polar surface area (TPSA) is 111 Å². The van der Waals surface area contributed by atoms with E-state index in [0.717, 1.165) is 77.0 Å². The molecule has 0 saturated heterocycles. The molecule has 0 amide bonds. The van der Waals surface area contributed by atoms with Gasteiger partial charge in [0.15, 0.2) is 12.4 Å². The molecule has 9 heteroatoms. The second kappa shape index (κ2) is 59.1. The Morgan fingerprint density at radius 3 is 1.12 bits per heavy atom. The molecule has 0 aliphatic heterocycles. The molecule has 0 aromatic rings. The van der Waals surface area contributed by atoms with Gasteiger partial charge in [-0.25, -0.2) is 0 Å². The molecule has 0 rings (SSSR count). The molecule has 0 aromatic heterocycles. The highest BCUT2D eigenvalue weighted by molar-refractivity contribution is 5.70. The van der Waals surface area contributed by atoms with Crippen molar-refractivity contribution in [2.24, 2.45) is 0 Å². The lowest BCUT2D eigenvalue weighted by Gasteiger charge is -2.26. The number of allylic oxidation sites excluding steroid dienone is 10. The van der Waals surface area contributed by atoms with E-state index in [1.165, 1.54) is 186 Å². The zero-order valence-corrected chi connectivity index (χ0v) is 51.1. The zero-order chi connectivity index (χ0) is 56.2. The molecule has 2 unspecified atom stereocenters. The normalized spacial score (nSPS) is 13.1. The van der Waals surface area contributed by atoms with Crippen molar-refractivity contribution in [3.63, 3.8) is 0 Å². The van der Waals surface area contributed by atoms with Crippen LogP contribution in [-0.2, 0) is 33.3 Å². The van der Waals surface area contributed by atoms with Crippen LogP contribution in [0.25, 0.3) is 0 Å². The van der Waals surface area contributed by atoms with Crippen LogP contribution in [0.3, 0.4) is 0 Å². The highest BCUT2D eigenvalue weighted by Gasteiger charge is 2.22. The number of carbonyl (C=O) groups is 3. The second-order valence-corrected chi connectivity index (χ2v) is 23.0. The van der Waals surface area contributed by atoms with E-state index in [9.17, 15) is 19.5 Å². The fraction of sp³-hybridized carbons (Fsp3) is 0.809. The average molecular weight is 1080 g/mol. The number of rotatable bonds is 60. The van der Waals surface area contributed by atoms with Gasteiger partial charge in [0.1, 0.15) is 13.2 Å². The lowest BCUT2D eigenvalue weighted by atomic mass is 10.0. The van der Waals surface area contributed by atoms with E-state index < -0.39 is 24.3 Å². The van der Waals surface area contributed by atoms with Crippen LogP contribution in [0.2, 0.25) is 0 Å². The molecule has 0 bridgehead atoms. The van der Waals surface area contributed by atoms with Gasteiger partial charge in [-0.05, 0) is 77.0 Å². The van der Waals surface area contributed by atoms with E-state index >= 15 is 0 Å². The molecule has 0 aliphatic rings. The van der Waals surface area contributed by atoms with E-state index in [4.69, 9.17) is 18.9 Å². The van der Waals surface area contributed by atoms with Crippen molar-refractivity contribution in [1.29, 1.82) is 0 Å². The molecule has 0 spiro atoms. The quantitative estimate of drug-likeness (QED) is 0.0195. The van der Waals surface area contributed by atoms with Crippen molar-refractivity contribution in [1.82, 2.24) is 0 Å². The largest absolute Gasteiger partial charge is 0.545 e. The van der Waals surface area contributed by atoms with E-state index in [2.05, 4.69) is 74.6 Å². The van der Waals surface area contributed by atoms with Crippen molar-refractivity contribution < 1.29 is 42.9 Å². The Kier molecular flexibility index (Phi) is 56.8. The van der Waals surface area contributed by atoms with Gasteiger partial charge in [-0.3, -0.25) is 9.59 Å². The molecule has 0 aliphatic carbocycles. The summed E-state index contributed by atoms with van der Waals surface area (Å²) in [5.41, 5.74) is 0. The molecule has 0 radical (unpaired) electrons. The summed E-state index contributed by atoms with van der Waals surface area (Å²) in [5.74, 6) is -2.28. The lowest BCUT2D eigenvalue weighted by Crippen LogP contribution is -2.44. The third-order valence-electron chi connectivity index (χ3n) is 14.2. The number of carboxylic acids is 1. The number of carboxylic acid groups (broad SMARTS) is 1. The van der Waals surface area contributed by atoms with Crippen LogP contribution in [0.5, 0.6) is 0 Å². The summed E-state index contributed by atoms with van der Waals surface area (Å²) in [6.07, 6.45) is 73.2. The summed E-state index contributed by atoms with van der Waals surface area (Å²) in [6, 6.07) is 0. The van der Waals surface area contributed by atoms with Gasteiger partial charge in [0.25, 0.3) is 0 Å². The maximum absolute atomic E-state index is 12.9. The Balaban J connectivity index is 3.93. The minimum atomic E-state index is -1.62. The van der Waals surface area contributed by atoms with Crippen LogP contribution >= 0.6 is 0 Å². The van der Waals surface area contributed by atoms with Gasteiger partial charge in [-0.1, -0.05) is 267 Å². The zero-order valence-electron chi connectivity index (χ0n) is 51.1. The molecule has 0 N–H and O–H groups in total. The van der Waals surface area contributed by atoms with Gasteiger partial charge in [-0.2, -0.15) is 0 Å². The van der Waals surface area contributed by atoms with Gasteiger partial charge < -0.3 is 33.3 Å². The van der Waals surface area contributed by atoms with Crippen molar-refractivity contribution in [2.45, 2.75) is 309 Å². The summed E-state index contributed by atoms with van der Waals surface area (Å²) in [5, 5.41) is 11.8. The molecule has 0 fully saturated rings. The molecule has 77 heavy (non-hydrogen) atoms. The first-order valence-corrected chi connectivity index (χ1v) is 32.4. The minimum absolute atomic E-state index is 0.148. The lowest BCUT2D eigenvalue weighted by molar-refractivity contribution is -0.870. The number of aliphatic carboxylic acids is 1. The first-order valence-electron chi connectivity index (χ1n) is 32.4. The van der Waals surface area contributed by atoms with Crippen LogP contribution < -0.4 is 5.11 Å². The van der Waals surface area contributed by atoms with E-state index in [0.29, 0.717) is 17.4 Å². The number of carbonyl (C=O) groups excluding carboxylic acids is 3. The van der Waals surface area contributed by atoms with E-state index in [1.54, 1.807) is 0 Å². The van der Waals surface area contributed by atoms with Crippen molar-refractivity contribution >= 4 is 17.9 Å². The predicted molar refractivity (Wildman–Crippen MR) is 325 cm³/mol. The van der Waals surface area contributed by atoms with E-state index in [-0.39, 0.29) is 38.6 Å². The molecule has 2 atom stereocenters. The average Bonchev–Trinajstić information content (AvgIpc) is 3.40. The third-order valence-corrected chi connectivity index (χ3v) is 14.2. The van der Waals surface area contributed by atoms with Gasteiger partial charge in [0.05, 0.1) is 40.3 Å². The molecular weight excluding hydrogens is 959 g/mol. The molecular formula is C68H123NO8. The predicted octanol–water partition coefficient (Wildman–Crippen LogP) is 18.2. The fourth-order valence-corrected chi connectivity index (χ4v) is 9.29. The monoisotopic (exact) mass is 1080 g/mol. The number of hydrogen-bond acceptors (Lipinski definition) is 8. The standard InChI is InChI=1S/C68H123NO8/c1-6-8-10-12-14-16-18-20-21-22-23-24-25-26-27-28-29-30-31-32-33-34-35-36-37-38-39-40-41-42-43-44-45-47-49-51-53-55-57-59-66(71)77-64(63-76-68(67(72)73)74-61-60-69(3,4)5)62-75-65(70)58-56-54-52-50-48-46-19-17-15-13-11-9-7-2/h8,10,14,16-17,19-21,23-24,64,68H,6-7,9,11-13,15,18,22,25-63H2,1-5H3/b10-8-,16-14-,19-17-,21-20-,24-23-. The van der Waals surface area contributed by atoms with Crippen LogP contribution in [0.4, 0.5) is 0 Å². The fourth-order valence-electron chi connectivity index (χ4n) is 9.29. The first kappa shape index (κ1) is 74.0. The highest BCUT2D eigenvalue weighted by atomic mass is 16.7. The number of unbranched alkanes of at least 4 members (excludes halogenated alkanes) is 35. The molecule has 448 valence electrons. The Hall–Kier alpha value is -3.01. The van der Waals surface area contributed by atoms with Gasteiger partial charge in [-0.15, -0.1) is 0 Å². The highest BCUT2D eigenvalue weighted by Crippen LogP contribution is 2.18. The molecule has 0 heterocycles. The summed E-state index contributed by atoms with van der Waals surface area (Å²) in [7, 11) is 5.93. The van der Waals surface area contributed by atoms with Crippen molar-refractivity contribution in [3.8, 4) is 0 Å². The molecule has 9 nitrogen and oxygen atoms in total. The third kappa shape index (κ3) is 60.5. The summed E-state index contributed by atoms with van der Waals surface area (Å²) in [4.78, 5) is 37.2. The first-order chi connectivity index (χ1) is 37.6. The number of nitrogens with zero attached hydrogens (tertiary/aromatic N) is 1. The maximum atomic E-state index is 12.9. The number of likely N-dealkylation sites (N-methyl/N-ethyl adjacent to an activating group) is 1. The van der Waals surface area contributed by atoms with Crippen LogP contribution in [0, 0.1) is 0 Å². The SMILES string of the molecule is CC/C=C\C/C=C\C/C=C\C/C=C\CCCCCCCCCCCCCCCCCCCCCCCCCCCCC(=O)OC(COC(=O)CCCCCCC/C=C\CCCCCC)COC(OCC[N+](C)(C)C)C(=O)[O-]. The van der Waals surface area contributed by atoms with Gasteiger partial charge in [0.2, 0.25) is 0 Å². The number of ether oxygens (including phenoxy) is 4. The summed E-state index contributed by atoms with van der Waals surface area (Å²) < 4.78 is 22.7. The Bertz CT molecular complexity index is 1450. The Morgan fingerprint density at radius 2 is 0.740 bits per heavy atom. The minimum Gasteiger partial charge on any atom is -0.545 e. The smallest absolute Gasteiger partial charge is 0.306 e. The van der Waals surface area contributed by atoms with Gasteiger partial charge in [0, 0.05) is 12.8 Å². The summed E-state index contributed by atoms with van der Waals surface area (Å²) in [6.45, 7) is 4.64. The molecule has 0 saturated carbocycles. The number of quaternary nitrogens is 1. The van der Waals surface area contributed by atoms with Gasteiger partial charge >= 0.3 is 11.9 Å². The van der Waals surface area contributed by atoms with Crippen LogP contribution in [-0.4, -0.2) is 82.3 Å². The number of esters is 2. The second-order valence-electron chi connectivity index (χ2n) is 23.0. The van der Waals surface area contributed by atoms with Crippen molar-refractivity contribution in [3.05, 3.63) is 60.8 Å². The maximum Gasteiger partial charge on any atom is 0.306 e. The van der Waals surface area contributed by atoms with Crippen molar-refractivity contribution in [2.75, 3.05) is 47.5 Å².